The van der Waals surface area contributed by atoms with Gasteiger partial charge in [-0.3, -0.25) is 9.59 Å². The van der Waals surface area contributed by atoms with Crippen LogP contribution in [0.1, 0.15) is 61.4 Å². The Hall–Kier alpha value is -3.09. The van der Waals surface area contributed by atoms with Gasteiger partial charge in [0, 0.05) is 26.1 Å². The van der Waals surface area contributed by atoms with Crippen molar-refractivity contribution in [2.75, 3.05) is 13.1 Å². The topological polar surface area (TPSA) is 80.4 Å². The SMILES string of the molecule is CC(NC(=O)c1ccco1)c1nc2ccccc2n1CCC(=O)N1CCCCCC1. The van der Waals surface area contributed by atoms with Gasteiger partial charge in [0.1, 0.15) is 5.82 Å². The molecule has 7 heteroatoms. The van der Waals surface area contributed by atoms with Crippen LogP contribution in [0.5, 0.6) is 0 Å². The number of fused-ring (bicyclic) bond motifs is 1. The van der Waals surface area contributed by atoms with Crippen molar-refractivity contribution in [1.29, 1.82) is 0 Å². The van der Waals surface area contributed by atoms with E-state index in [2.05, 4.69) is 9.88 Å². The maximum atomic E-state index is 12.8. The van der Waals surface area contributed by atoms with Crippen molar-refractivity contribution in [3.05, 3.63) is 54.2 Å². The van der Waals surface area contributed by atoms with Crippen molar-refractivity contribution in [2.45, 2.75) is 51.6 Å². The Morgan fingerprint density at radius 1 is 1.10 bits per heavy atom. The summed E-state index contributed by atoms with van der Waals surface area (Å²) < 4.78 is 7.24. The van der Waals surface area contributed by atoms with Crippen molar-refractivity contribution < 1.29 is 14.0 Å². The molecule has 1 fully saturated rings. The van der Waals surface area contributed by atoms with Gasteiger partial charge in [-0.05, 0) is 44.0 Å². The minimum absolute atomic E-state index is 0.188. The van der Waals surface area contributed by atoms with Crippen LogP contribution in [0, 0.1) is 0 Å². The molecule has 0 saturated carbocycles. The van der Waals surface area contributed by atoms with E-state index in [1.165, 1.54) is 19.1 Å². The molecule has 0 aliphatic carbocycles. The van der Waals surface area contributed by atoms with E-state index in [4.69, 9.17) is 9.40 Å². The van der Waals surface area contributed by atoms with E-state index in [9.17, 15) is 9.59 Å². The Balaban J connectivity index is 1.52. The first-order chi connectivity index (χ1) is 14.6. The van der Waals surface area contributed by atoms with Crippen LogP contribution in [0.2, 0.25) is 0 Å². The average Bonchev–Trinajstić information content (AvgIpc) is 3.33. The Kier molecular flexibility index (Phi) is 6.16. The van der Waals surface area contributed by atoms with Gasteiger partial charge in [-0.15, -0.1) is 0 Å². The smallest absolute Gasteiger partial charge is 0.287 e. The standard InChI is InChI=1S/C23H28N4O3/c1-17(24-23(29)20-11-8-16-30-20)22-25-18-9-4-5-10-19(18)27(22)15-12-21(28)26-13-6-2-3-7-14-26/h4-5,8-11,16-17H,2-3,6-7,12-15H2,1H3,(H,24,29). The Bertz CT molecular complexity index is 1000. The van der Waals surface area contributed by atoms with Crippen LogP contribution in [0.4, 0.5) is 0 Å². The van der Waals surface area contributed by atoms with Gasteiger partial charge in [-0.25, -0.2) is 4.98 Å². The Morgan fingerprint density at radius 2 is 1.87 bits per heavy atom. The number of nitrogens with zero attached hydrogens (tertiary/aromatic N) is 3. The van der Waals surface area contributed by atoms with Gasteiger partial charge in [-0.2, -0.15) is 0 Å². The number of rotatable bonds is 6. The summed E-state index contributed by atoms with van der Waals surface area (Å²) in [5.41, 5.74) is 1.82. The fraction of sp³-hybridized carbons (Fsp3) is 0.435. The van der Waals surface area contributed by atoms with E-state index < -0.39 is 0 Å². The van der Waals surface area contributed by atoms with Crippen LogP contribution in [0.25, 0.3) is 11.0 Å². The van der Waals surface area contributed by atoms with Crippen molar-refractivity contribution >= 4 is 22.8 Å². The number of aromatic nitrogens is 2. The molecule has 1 aromatic carbocycles. The van der Waals surface area contributed by atoms with Gasteiger partial charge in [0.15, 0.2) is 5.76 Å². The number of nitrogens with one attached hydrogen (secondary N) is 1. The lowest BCUT2D eigenvalue weighted by molar-refractivity contribution is -0.131. The van der Waals surface area contributed by atoms with E-state index in [0.29, 0.717) is 13.0 Å². The summed E-state index contributed by atoms with van der Waals surface area (Å²) in [7, 11) is 0. The van der Waals surface area contributed by atoms with Gasteiger partial charge < -0.3 is 19.2 Å². The zero-order valence-electron chi connectivity index (χ0n) is 17.3. The maximum Gasteiger partial charge on any atom is 0.287 e. The van der Waals surface area contributed by atoms with E-state index in [0.717, 1.165) is 42.8 Å². The highest BCUT2D eigenvalue weighted by molar-refractivity contribution is 5.91. The number of hydrogen-bond donors (Lipinski definition) is 1. The van der Waals surface area contributed by atoms with E-state index >= 15 is 0 Å². The summed E-state index contributed by atoms with van der Waals surface area (Å²) in [5, 5.41) is 2.95. The van der Waals surface area contributed by atoms with Crippen molar-refractivity contribution in [1.82, 2.24) is 19.8 Å². The second-order valence-corrected chi connectivity index (χ2v) is 7.83. The number of imidazole rings is 1. The van der Waals surface area contributed by atoms with E-state index in [1.54, 1.807) is 12.1 Å². The lowest BCUT2D eigenvalue weighted by Crippen LogP contribution is -2.33. The zero-order valence-corrected chi connectivity index (χ0v) is 17.3. The van der Waals surface area contributed by atoms with E-state index in [-0.39, 0.29) is 23.6 Å². The van der Waals surface area contributed by atoms with Gasteiger partial charge in [0.2, 0.25) is 5.91 Å². The molecule has 3 heterocycles. The third-order valence-electron chi connectivity index (χ3n) is 5.67. The first-order valence-corrected chi connectivity index (χ1v) is 10.7. The number of benzene rings is 1. The van der Waals surface area contributed by atoms with Gasteiger partial charge >= 0.3 is 0 Å². The van der Waals surface area contributed by atoms with E-state index in [1.807, 2.05) is 36.1 Å². The van der Waals surface area contributed by atoms with Gasteiger partial charge in [0.25, 0.3) is 5.91 Å². The third kappa shape index (κ3) is 4.40. The molecule has 3 aromatic rings. The highest BCUT2D eigenvalue weighted by atomic mass is 16.3. The number of furan rings is 1. The zero-order chi connectivity index (χ0) is 20.9. The highest BCUT2D eigenvalue weighted by Gasteiger charge is 2.21. The van der Waals surface area contributed by atoms with Crippen LogP contribution in [0.15, 0.2) is 47.1 Å². The second kappa shape index (κ2) is 9.15. The molecule has 2 aromatic heterocycles. The van der Waals surface area contributed by atoms with Crippen LogP contribution < -0.4 is 5.32 Å². The van der Waals surface area contributed by atoms with Crippen LogP contribution >= 0.6 is 0 Å². The molecule has 1 saturated heterocycles. The monoisotopic (exact) mass is 408 g/mol. The molecular weight excluding hydrogens is 380 g/mol. The van der Waals surface area contributed by atoms with Gasteiger partial charge in [-0.1, -0.05) is 25.0 Å². The molecule has 1 aliphatic heterocycles. The second-order valence-electron chi connectivity index (χ2n) is 7.83. The molecular formula is C23H28N4O3. The first kappa shape index (κ1) is 20.2. The molecule has 0 radical (unpaired) electrons. The summed E-state index contributed by atoms with van der Waals surface area (Å²) in [6, 6.07) is 10.8. The Morgan fingerprint density at radius 3 is 2.60 bits per heavy atom. The highest BCUT2D eigenvalue weighted by Crippen LogP contribution is 2.22. The lowest BCUT2D eigenvalue weighted by atomic mass is 10.2. The fourth-order valence-corrected chi connectivity index (χ4v) is 4.09. The van der Waals surface area contributed by atoms with Crippen LogP contribution in [-0.2, 0) is 11.3 Å². The summed E-state index contributed by atoms with van der Waals surface area (Å²) in [6.07, 6.45) is 6.47. The molecule has 7 nitrogen and oxygen atoms in total. The predicted octanol–water partition coefficient (Wildman–Crippen LogP) is 3.91. The summed E-state index contributed by atoms with van der Waals surface area (Å²) in [6.45, 7) is 4.14. The molecule has 2 amide bonds. The maximum absolute atomic E-state index is 12.8. The van der Waals surface area contributed by atoms with Crippen molar-refractivity contribution in [3.63, 3.8) is 0 Å². The minimum Gasteiger partial charge on any atom is -0.459 e. The summed E-state index contributed by atoms with van der Waals surface area (Å²) >= 11 is 0. The van der Waals surface area contributed by atoms with Crippen LogP contribution in [0.3, 0.4) is 0 Å². The van der Waals surface area contributed by atoms with Crippen LogP contribution in [-0.4, -0.2) is 39.4 Å². The Labute approximate surface area is 176 Å². The molecule has 0 bridgehead atoms. The normalized spacial score (nSPS) is 15.7. The molecule has 1 atom stereocenters. The molecule has 1 unspecified atom stereocenters. The number of carbonyl (C=O) groups excluding carboxylic acids is 2. The fourth-order valence-electron chi connectivity index (χ4n) is 4.09. The predicted molar refractivity (Wildman–Crippen MR) is 114 cm³/mol. The number of carbonyl (C=O) groups is 2. The van der Waals surface area contributed by atoms with Crippen molar-refractivity contribution in [2.24, 2.45) is 0 Å². The molecule has 158 valence electrons. The number of likely N-dealkylation sites (tertiary alicyclic amines) is 1. The average molecular weight is 409 g/mol. The minimum atomic E-state index is -0.330. The molecule has 1 aliphatic rings. The quantitative estimate of drug-likeness (QED) is 0.670. The number of amides is 2. The lowest BCUT2D eigenvalue weighted by Gasteiger charge is -2.21. The molecule has 1 N–H and O–H groups in total. The first-order valence-electron chi connectivity index (χ1n) is 10.7. The number of para-hydroxylation sites is 2. The molecule has 30 heavy (non-hydrogen) atoms. The third-order valence-corrected chi connectivity index (χ3v) is 5.67. The van der Waals surface area contributed by atoms with Crippen molar-refractivity contribution in [3.8, 4) is 0 Å². The largest absolute Gasteiger partial charge is 0.459 e. The van der Waals surface area contributed by atoms with Gasteiger partial charge in [0.05, 0.1) is 23.3 Å². The summed E-state index contributed by atoms with van der Waals surface area (Å²) in [5.74, 6) is 0.903. The molecule has 0 spiro atoms. The molecule has 4 rings (SSSR count). The number of aryl methyl sites for hydroxylation is 1. The summed E-state index contributed by atoms with van der Waals surface area (Å²) in [4.78, 5) is 32.0. The number of hydrogen-bond acceptors (Lipinski definition) is 4.